The first-order valence-corrected chi connectivity index (χ1v) is 12.9. The van der Waals surface area contributed by atoms with E-state index < -0.39 is 35.9 Å². The fraction of sp³-hybridized carbons (Fsp3) is 0.593. The van der Waals surface area contributed by atoms with Crippen molar-refractivity contribution in [2.45, 2.75) is 84.6 Å². The number of ether oxygens (including phenoxy) is 1. The summed E-state index contributed by atoms with van der Waals surface area (Å²) in [4.78, 5) is 35.4. The van der Waals surface area contributed by atoms with Crippen molar-refractivity contribution in [3.05, 3.63) is 36.3 Å². The van der Waals surface area contributed by atoms with Crippen molar-refractivity contribution < 1.29 is 23.6 Å². The van der Waals surface area contributed by atoms with E-state index in [1.54, 1.807) is 6.20 Å². The van der Waals surface area contributed by atoms with Crippen LogP contribution in [0.3, 0.4) is 0 Å². The van der Waals surface area contributed by atoms with Crippen molar-refractivity contribution in [2.75, 3.05) is 13.7 Å². The Labute approximate surface area is 219 Å². The lowest BCUT2D eigenvalue weighted by Gasteiger charge is -2.35. The second kappa shape index (κ2) is 9.80. The number of amides is 2. The molecule has 2 atom stereocenters. The molecule has 0 aliphatic carbocycles. The number of hydrogen-bond donors (Lipinski definition) is 2. The van der Waals surface area contributed by atoms with Gasteiger partial charge in [-0.15, -0.1) is 0 Å². The second-order valence-corrected chi connectivity index (χ2v) is 12.0. The fourth-order valence-corrected chi connectivity index (χ4v) is 4.76. The molecule has 0 radical (unpaired) electrons. The molecular weight excluding hydrogens is 471 g/mol. The monoisotopic (exact) mass is 510 g/mol. The summed E-state index contributed by atoms with van der Waals surface area (Å²) in [6, 6.07) is 7.16. The third kappa shape index (κ3) is 5.41. The molecule has 10 heteroatoms. The molecule has 0 saturated carbocycles. The van der Waals surface area contributed by atoms with Gasteiger partial charge in [0, 0.05) is 6.54 Å². The standard InChI is InChI=1S/C27H39BN4O5/c1-25(2,3)21(31-24(34)35-8)23(33)32-15-9-10-20(32)22-29-16-19(30-22)17-11-13-18(14-12-17)28-36-26(4,5)27(6,7)37-28/h11-14,16,20-21H,9-10,15H2,1-8H3,(H,29,30)(H,31,34)/t20?,21-/m1/s1. The molecule has 2 N–H and O–H groups in total. The van der Waals surface area contributed by atoms with Crippen molar-refractivity contribution in [1.29, 1.82) is 0 Å². The quantitative estimate of drug-likeness (QED) is 0.593. The Kier molecular flexibility index (Phi) is 7.20. The number of aromatic nitrogens is 2. The molecule has 3 heterocycles. The molecule has 0 spiro atoms. The van der Waals surface area contributed by atoms with E-state index in [2.05, 4.69) is 15.3 Å². The van der Waals surface area contributed by atoms with Crippen LogP contribution in [-0.2, 0) is 18.8 Å². The van der Waals surface area contributed by atoms with Crippen LogP contribution in [0, 0.1) is 5.41 Å². The lowest BCUT2D eigenvalue weighted by atomic mass is 9.79. The van der Waals surface area contributed by atoms with Crippen molar-refractivity contribution in [2.24, 2.45) is 5.41 Å². The molecule has 0 bridgehead atoms. The highest BCUT2D eigenvalue weighted by Gasteiger charge is 2.51. The van der Waals surface area contributed by atoms with Crippen LogP contribution in [0.4, 0.5) is 4.79 Å². The summed E-state index contributed by atoms with van der Waals surface area (Å²) < 4.78 is 17.1. The number of carbonyl (C=O) groups is 2. The van der Waals surface area contributed by atoms with E-state index in [0.29, 0.717) is 6.54 Å². The average molecular weight is 510 g/mol. The van der Waals surface area contributed by atoms with E-state index in [0.717, 1.165) is 35.4 Å². The Morgan fingerprint density at radius 1 is 1.16 bits per heavy atom. The smallest absolute Gasteiger partial charge is 0.453 e. The Bertz CT molecular complexity index is 1120. The van der Waals surface area contributed by atoms with Gasteiger partial charge < -0.3 is 29.2 Å². The topological polar surface area (TPSA) is 106 Å². The number of rotatable bonds is 5. The number of nitrogens with one attached hydrogen (secondary N) is 2. The van der Waals surface area contributed by atoms with Gasteiger partial charge in [0.1, 0.15) is 11.9 Å². The van der Waals surface area contributed by atoms with E-state index in [1.165, 1.54) is 7.11 Å². The Hall–Kier alpha value is -2.85. The molecule has 2 aliphatic rings. The zero-order chi connectivity index (χ0) is 27.2. The van der Waals surface area contributed by atoms with Gasteiger partial charge in [-0.05, 0) is 57.0 Å². The average Bonchev–Trinajstić information content (AvgIpc) is 3.54. The first-order chi connectivity index (χ1) is 17.2. The van der Waals surface area contributed by atoms with Gasteiger partial charge in [-0.3, -0.25) is 4.79 Å². The molecule has 2 amide bonds. The summed E-state index contributed by atoms with van der Waals surface area (Å²) in [5.41, 5.74) is 1.55. The van der Waals surface area contributed by atoms with Crippen molar-refractivity contribution in [1.82, 2.24) is 20.2 Å². The van der Waals surface area contributed by atoms with Crippen LogP contribution >= 0.6 is 0 Å². The third-order valence-electron chi connectivity index (χ3n) is 7.75. The molecule has 37 heavy (non-hydrogen) atoms. The fourth-order valence-electron chi connectivity index (χ4n) is 4.76. The summed E-state index contributed by atoms with van der Waals surface area (Å²) >= 11 is 0. The second-order valence-electron chi connectivity index (χ2n) is 12.0. The number of aromatic amines is 1. The highest BCUT2D eigenvalue weighted by atomic mass is 16.7. The number of hydrogen-bond acceptors (Lipinski definition) is 6. The van der Waals surface area contributed by atoms with Crippen LogP contribution in [0.2, 0.25) is 0 Å². The predicted molar refractivity (Wildman–Crippen MR) is 142 cm³/mol. The van der Waals surface area contributed by atoms with E-state index in [9.17, 15) is 9.59 Å². The molecule has 4 rings (SSSR count). The van der Waals surface area contributed by atoms with Crippen LogP contribution in [0.1, 0.15) is 73.2 Å². The first kappa shape index (κ1) is 27.2. The molecule has 2 aliphatic heterocycles. The minimum absolute atomic E-state index is 0.134. The lowest BCUT2D eigenvalue weighted by molar-refractivity contribution is -0.137. The molecule has 1 unspecified atom stereocenters. The van der Waals surface area contributed by atoms with Crippen molar-refractivity contribution in [3.8, 4) is 11.3 Å². The number of imidazole rings is 1. The summed E-state index contributed by atoms with van der Waals surface area (Å²) in [5.74, 6) is 0.603. The third-order valence-corrected chi connectivity index (χ3v) is 7.75. The molecule has 9 nitrogen and oxygen atoms in total. The molecule has 2 saturated heterocycles. The van der Waals surface area contributed by atoms with E-state index in [4.69, 9.17) is 14.0 Å². The van der Waals surface area contributed by atoms with Crippen molar-refractivity contribution in [3.63, 3.8) is 0 Å². The largest absolute Gasteiger partial charge is 0.494 e. The van der Waals surface area contributed by atoms with Gasteiger partial charge in [-0.1, -0.05) is 45.0 Å². The highest BCUT2D eigenvalue weighted by molar-refractivity contribution is 6.62. The molecule has 2 aromatic rings. The summed E-state index contributed by atoms with van der Waals surface area (Å²) in [7, 11) is 0.883. The Morgan fingerprint density at radius 2 is 1.78 bits per heavy atom. The number of carbonyl (C=O) groups excluding carboxylic acids is 2. The van der Waals surface area contributed by atoms with Gasteiger partial charge in [0.25, 0.3) is 0 Å². The molecule has 1 aromatic carbocycles. The van der Waals surface area contributed by atoms with Crippen LogP contribution in [0.5, 0.6) is 0 Å². The highest BCUT2D eigenvalue weighted by Crippen LogP contribution is 2.37. The van der Waals surface area contributed by atoms with Crippen molar-refractivity contribution >= 4 is 24.6 Å². The van der Waals surface area contributed by atoms with E-state index in [-0.39, 0.29) is 11.9 Å². The Balaban J connectivity index is 1.50. The molecule has 2 fully saturated rings. The van der Waals surface area contributed by atoms with Crippen LogP contribution in [0.15, 0.2) is 30.5 Å². The van der Waals surface area contributed by atoms with Crippen LogP contribution in [0.25, 0.3) is 11.3 Å². The van der Waals surface area contributed by atoms with Gasteiger partial charge in [0.05, 0.1) is 36.2 Å². The minimum atomic E-state index is -0.711. The van der Waals surface area contributed by atoms with Gasteiger partial charge in [0.2, 0.25) is 5.91 Å². The minimum Gasteiger partial charge on any atom is -0.453 e. The van der Waals surface area contributed by atoms with Crippen LogP contribution in [-0.4, -0.2) is 64.9 Å². The Morgan fingerprint density at radius 3 is 2.35 bits per heavy atom. The summed E-state index contributed by atoms with van der Waals surface area (Å²) in [5, 5.41) is 2.72. The maximum atomic E-state index is 13.5. The van der Waals surface area contributed by atoms with Gasteiger partial charge in [-0.2, -0.15) is 0 Å². The molecular formula is C27H39BN4O5. The number of H-pyrrole nitrogens is 1. The lowest BCUT2D eigenvalue weighted by Crippen LogP contribution is -2.54. The number of methoxy groups -OCH3 is 1. The van der Waals surface area contributed by atoms with Gasteiger partial charge in [-0.25, -0.2) is 9.78 Å². The summed E-state index contributed by atoms with van der Waals surface area (Å²) in [6.45, 7) is 14.6. The van der Waals surface area contributed by atoms with E-state index >= 15 is 0 Å². The maximum absolute atomic E-state index is 13.5. The molecule has 200 valence electrons. The SMILES string of the molecule is COC(=O)N[C@H](C(=O)N1CCCC1c1ncc(-c2ccc(B3OC(C)(C)C(C)(C)O3)cc2)[nH]1)C(C)(C)C. The first-order valence-electron chi connectivity index (χ1n) is 12.9. The zero-order valence-electron chi connectivity index (χ0n) is 23.2. The number of benzene rings is 1. The summed E-state index contributed by atoms with van der Waals surface area (Å²) in [6.07, 6.45) is 2.85. The number of likely N-dealkylation sites (tertiary alicyclic amines) is 1. The predicted octanol–water partition coefficient (Wildman–Crippen LogP) is 3.81. The van der Waals surface area contributed by atoms with E-state index in [1.807, 2.05) is 77.6 Å². The number of nitrogens with zero attached hydrogens (tertiary/aromatic N) is 2. The number of alkyl carbamates (subject to hydrolysis) is 1. The van der Waals surface area contributed by atoms with Gasteiger partial charge >= 0.3 is 13.2 Å². The van der Waals surface area contributed by atoms with Gasteiger partial charge in [0.15, 0.2) is 0 Å². The maximum Gasteiger partial charge on any atom is 0.494 e. The molecule has 1 aromatic heterocycles. The van der Waals surface area contributed by atoms with Crippen LogP contribution < -0.4 is 10.8 Å². The normalized spacial score (nSPS) is 21.7. The zero-order valence-corrected chi connectivity index (χ0v) is 23.2.